The summed E-state index contributed by atoms with van der Waals surface area (Å²) >= 11 is 5.82. The topological polar surface area (TPSA) is 36.4 Å². The molecule has 0 bridgehead atoms. The quantitative estimate of drug-likeness (QED) is 0.835. The van der Waals surface area contributed by atoms with E-state index >= 15 is 0 Å². The maximum Gasteiger partial charge on any atom is 0.272 e. The number of carbonyl (C=O) groups is 1. The van der Waals surface area contributed by atoms with E-state index in [0.717, 1.165) is 32.6 Å². The van der Waals surface area contributed by atoms with Crippen molar-refractivity contribution in [3.8, 4) is 0 Å². The number of rotatable bonds is 5. The van der Waals surface area contributed by atoms with Crippen LogP contribution in [0.5, 0.6) is 0 Å². The summed E-state index contributed by atoms with van der Waals surface area (Å²) in [6, 6.07) is 13.9. The Morgan fingerprint density at radius 1 is 1.29 bits per heavy atom. The number of pyridine rings is 1. The van der Waals surface area contributed by atoms with E-state index < -0.39 is 0 Å². The van der Waals surface area contributed by atoms with Crippen LogP contribution in [0.3, 0.4) is 0 Å². The van der Waals surface area contributed by atoms with Crippen LogP contribution in [0.25, 0.3) is 0 Å². The van der Waals surface area contributed by atoms with Crippen molar-refractivity contribution in [1.29, 1.82) is 0 Å². The second-order valence-electron chi connectivity index (χ2n) is 6.42. The minimum atomic E-state index is -0.0480. The molecule has 1 saturated heterocycles. The molecule has 0 aliphatic carbocycles. The van der Waals surface area contributed by atoms with Gasteiger partial charge in [0.15, 0.2) is 0 Å². The second kappa shape index (κ2) is 7.77. The van der Waals surface area contributed by atoms with Crippen molar-refractivity contribution in [2.24, 2.45) is 5.92 Å². The number of aromatic nitrogens is 1. The average Bonchev–Trinajstić information content (AvgIpc) is 3.02. The Morgan fingerprint density at radius 2 is 2.08 bits per heavy atom. The van der Waals surface area contributed by atoms with Gasteiger partial charge >= 0.3 is 0 Å². The van der Waals surface area contributed by atoms with Crippen molar-refractivity contribution in [2.75, 3.05) is 26.7 Å². The number of benzene rings is 1. The molecule has 2 heterocycles. The maximum absolute atomic E-state index is 12.4. The number of likely N-dealkylation sites (tertiary alicyclic amines) is 1. The maximum atomic E-state index is 12.4. The van der Waals surface area contributed by atoms with Gasteiger partial charge in [0, 0.05) is 32.9 Å². The molecular formula is C19H22ClN3O. The molecule has 24 heavy (non-hydrogen) atoms. The molecule has 5 heteroatoms. The van der Waals surface area contributed by atoms with Crippen molar-refractivity contribution in [1.82, 2.24) is 14.8 Å². The van der Waals surface area contributed by atoms with Crippen LogP contribution in [-0.4, -0.2) is 47.4 Å². The zero-order chi connectivity index (χ0) is 16.9. The first-order chi connectivity index (χ1) is 11.6. The third-order valence-electron chi connectivity index (χ3n) is 4.44. The van der Waals surface area contributed by atoms with Crippen LogP contribution in [0.4, 0.5) is 0 Å². The van der Waals surface area contributed by atoms with Crippen LogP contribution >= 0.6 is 11.6 Å². The van der Waals surface area contributed by atoms with Gasteiger partial charge < -0.3 is 4.90 Å². The largest absolute Gasteiger partial charge is 0.340 e. The smallest absolute Gasteiger partial charge is 0.272 e. The fourth-order valence-electron chi connectivity index (χ4n) is 3.22. The Morgan fingerprint density at radius 3 is 2.79 bits per heavy atom. The molecule has 1 fully saturated rings. The summed E-state index contributed by atoms with van der Waals surface area (Å²) < 4.78 is 0. The molecule has 4 nitrogen and oxygen atoms in total. The van der Waals surface area contributed by atoms with Crippen LogP contribution in [0.1, 0.15) is 22.5 Å². The number of hydrogen-bond acceptors (Lipinski definition) is 3. The standard InChI is InChI=1S/C19H22ClN3O/c1-22(19(24)18-8-7-17(20)11-21-18)12-16-9-10-23(14-16)13-15-5-3-2-4-6-15/h2-8,11,16H,9-10,12-14H2,1H3. The lowest BCUT2D eigenvalue weighted by Gasteiger charge is -2.21. The molecule has 3 rings (SSSR count). The van der Waals surface area contributed by atoms with Gasteiger partial charge in [-0.2, -0.15) is 0 Å². The first-order valence-electron chi connectivity index (χ1n) is 8.25. The van der Waals surface area contributed by atoms with Crippen LogP contribution in [0.15, 0.2) is 48.7 Å². The Kier molecular flexibility index (Phi) is 5.48. The molecule has 0 N–H and O–H groups in total. The van der Waals surface area contributed by atoms with Crippen molar-refractivity contribution >= 4 is 17.5 Å². The number of nitrogens with zero attached hydrogens (tertiary/aromatic N) is 3. The van der Waals surface area contributed by atoms with Gasteiger partial charge in [0.05, 0.1) is 5.02 Å². The highest BCUT2D eigenvalue weighted by Gasteiger charge is 2.25. The molecule has 0 saturated carbocycles. The molecule has 1 aliphatic heterocycles. The summed E-state index contributed by atoms with van der Waals surface area (Å²) in [7, 11) is 1.85. The number of halogens is 1. The predicted molar refractivity (Wildman–Crippen MR) is 96.0 cm³/mol. The van der Waals surface area contributed by atoms with E-state index in [2.05, 4.69) is 34.1 Å². The van der Waals surface area contributed by atoms with Gasteiger partial charge in [0.2, 0.25) is 0 Å². The molecule has 126 valence electrons. The van der Waals surface area contributed by atoms with Crippen LogP contribution < -0.4 is 0 Å². The van der Waals surface area contributed by atoms with E-state index in [1.54, 1.807) is 17.0 Å². The minimum Gasteiger partial charge on any atom is -0.340 e. The molecule has 1 aromatic carbocycles. The van der Waals surface area contributed by atoms with Crippen LogP contribution in [0, 0.1) is 5.92 Å². The average molecular weight is 344 g/mol. The molecule has 1 aromatic heterocycles. The summed E-state index contributed by atoms with van der Waals surface area (Å²) in [5.74, 6) is 0.461. The van der Waals surface area contributed by atoms with Crippen molar-refractivity contribution in [3.05, 3.63) is 64.9 Å². The fraction of sp³-hybridized carbons (Fsp3) is 0.368. The summed E-state index contributed by atoms with van der Waals surface area (Å²) in [5, 5.41) is 0.543. The zero-order valence-corrected chi connectivity index (χ0v) is 14.6. The molecule has 1 atom stereocenters. The Labute approximate surface area is 148 Å². The van der Waals surface area contributed by atoms with Crippen molar-refractivity contribution in [3.63, 3.8) is 0 Å². The summed E-state index contributed by atoms with van der Waals surface area (Å²) in [5.41, 5.74) is 1.79. The number of hydrogen-bond donors (Lipinski definition) is 0. The van der Waals surface area contributed by atoms with Gasteiger partial charge in [-0.25, -0.2) is 4.98 Å². The van der Waals surface area contributed by atoms with E-state index in [4.69, 9.17) is 11.6 Å². The molecule has 0 spiro atoms. The summed E-state index contributed by atoms with van der Waals surface area (Å²) in [4.78, 5) is 20.8. The van der Waals surface area contributed by atoms with E-state index in [9.17, 15) is 4.79 Å². The van der Waals surface area contributed by atoms with Crippen molar-refractivity contribution in [2.45, 2.75) is 13.0 Å². The fourth-order valence-corrected chi connectivity index (χ4v) is 3.33. The lowest BCUT2D eigenvalue weighted by Crippen LogP contribution is -2.33. The van der Waals surface area contributed by atoms with E-state index in [1.807, 2.05) is 13.1 Å². The van der Waals surface area contributed by atoms with Gasteiger partial charge in [-0.1, -0.05) is 41.9 Å². The lowest BCUT2D eigenvalue weighted by atomic mass is 10.1. The normalized spacial score (nSPS) is 17.8. The molecule has 2 aromatic rings. The molecule has 1 aliphatic rings. The van der Waals surface area contributed by atoms with Gasteiger partial charge in [-0.05, 0) is 36.6 Å². The lowest BCUT2D eigenvalue weighted by molar-refractivity contribution is 0.0767. The Bertz CT molecular complexity index is 675. The van der Waals surface area contributed by atoms with Crippen LogP contribution in [0.2, 0.25) is 5.02 Å². The van der Waals surface area contributed by atoms with Gasteiger partial charge in [-0.15, -0.1) is 0 Å². The van der Waals surface area contributed by atoms with E-state index in [-0.39, 0.29) is 5.91 Å². The molecule has 1 unspecified atom stereocenters. The molecule has 1 amide bonds. The second-order valence-corrected chi connectivity index (χ2v) is 6.86. The summed E-state index contributed by atoms with van der Waals surface area (Å²) in [6.45, 7) is 3.85. The number of carbonyl (C=O) groups excluding carboxylic acids is 1. The summed E-state index contributed by atoms with van der Waals surface area (Å²) in [6.07, 6.45) is 2.64. The zero-order valence-electron chi connectivity index (χ0n) is 13.9. The van der Waals surface area contributed by atoms with Gasteiger partial charge in [0.1, 0.15) is 5.69 Å². The van der Waals surface area contributed by atoms with Gasteiger partial charge in [-0.3, -0.25) is 9.69 Å². The molecular weight excluding hydrogens is 322 g/mol. The van der Waals surface area contributed by atoms with Gasteiger partial charge in [0.25, 0.3) is 5.91 Å². The first kappa shape index (κ1) is 16.9. The highest BCUT2D eigenvalue weighted by Crippen LogP contribution is 2.20. The van der Waals surface area contributed by atoms with Crippen LogP contribution in [-0.2, 0) is 6.54 Å². The number of amides is 1. The predicted octanol–water partition coefficient (Wildman–Crippen LogP) is 3.33. The first-order valence-corrected chi connectivity index (χ1v) is 8.63. The highest BCUT2D eigenvalue weighted by atomic mass is 35.5. The van der Waals surface area contributed by atoms with E-state index in [0.29, 0.717) is 16.6 Å². The monoisotopic (exact) mass is 343 g/mol. The third-order valence-corrected chi connectivity index (χ3v) is 4.67. The SMILES string of the molecule is CN(CC1CCN(Cc2ccccc2)C1)C(=O)c1ccc(Cl)cn1. The third kappa shape index (κ3) is 4.34. The van der Waals surface area contributed by atoms with Crippen molar-refractivity contribution < 1.29 is 4.79 Å². The molecule has 0 radical (unpaired) electrons. The highest BCUT2D eigenvalue weighted by molar-refractivity contribution is 6.30. The van der Waals surface area contributed by atoms with E-state index in [1.165, 1.54) is 11.8 Å². The minimum absolute atomic E-state index is 0.0480. The Balaban J connectivity index is 1.51. The Hall–Kier alpha value is -1.91.